The molecule has 5 nitrogen and oxygen atoms in total. The van der Waals surface area contributed by atoms with Gasteiger partial charge in [-0.3, -0.25) is 4.79 Å². The minimum absolute atomic E-state index is 0.0638. The molecule has 3 N–H and O–H groups in total. The maximum absolute atomic E-state index is 11.9. The second kappa shape index (κ2) is 10.5. The number of nitrogens with one attached hydrogen (secondary N) is 3. The summed E-state index contributed by atoms with van der Waals surface area (Å²) in [6, 6.07) is 15.2. The normalized spacial score (nSPS) is 11.1. The molecule has 2 aromatic rings. The van der Waals surface area contributed by atoms with Gasteiger partial charge in [0.2, 0.25) is 0 Å². The SMILES string of the molecule is CCNC(=O)c1cccc(CN=C(NCC)NCc2ccc(Cl)cc2)c1. The molecule has 0 unspecified atom stereocenters. The lowest BCUT2D eigenvalue weighted by atomic mass is 10.1. The van der Waals surface area contributed by atoms with Crippen LogP contribution < -0.4 is 16.0 Å². The molecule has 0 aromatic heterocycles. The van der Waals surface area contributed by atoms with Crippen molar-refractivity contribution in [2.45, 2.75) is 26.9 Å². The molecule has 0 aliphatic rings. The fraction of sp³-hybridized carbons (Fsp3) is 0.300. The molecular formula is C20H25ClN4O. The van der Waals surface area contributed by atoms with E-state index in [0.29, 0.717) is 25.2 Å². The molecule has 0 atom stereocenters. The van der Waals surface area contributed by atoms with Crippen molar-refractivity contribution < 1.29 is 4.79 Å². The van der Waals surface area contributed by atoms with Gasteiger partial charge in [0.1, 0.15) is 0 Å². The molecule has 0 saturated heterocycles. The topological polar surface area (TPSA) is 65.5 Å². The van der Waals surface area contributed by atoms with Crippen molar-refractivity contribution in [3.63, 3.8) is 0 Å². The van der Waals surface area contributed by atoms with Crippen LogP contribution in [-0.4, -0.2) is 25.0 Å². The first-order chi connectivity index (χ1) is 12.6. The summed E-state index contributed by atoms with van der Waals surface area (Å²) in [6.45, 7) is 6.45. The summed E-state index contributed by atoms with van der Waals surface area (Å²) >= 11 is 5.91. The third kappa shape index (κ3) is 6.41. The van der Waals surface area contributed by atoms with Crippen LogP contribution in [0.3, 0.4) is 0 Å². The smallest absolute Gasteiger partial charge is 0.251 e. The first kappa shape index (κ1) is 19.8. The Bertz CT molecular complexity index is 744. The lowest BCUT2D eigenvalue weighted by Crippen LogP contribution is -2.36. The lowest BCUT2D eigenvalue weighted by Gasteiger charge is -2.12. The summed E-state index contributed by atoms with van der Waals surface area (Å²) in [4.78, 5) is 16.5. The number of rotatable bonds is 7. The fourth-order valence-electron chi connectivity index (χ4n) is 2.37. The third-order valence-electron chi connectivity index (χ3n) is 3.66. The van der Waals surface area contributed by atoms with Crippen LogP contribution in [0.1, 0.15) is 35.3 Å². The van der Waals surface area contributed by atoms with Crippen LogP contribution in [-0.2, 0) is 13.1 Å². The monoisotopic (exact) mass is 372 g/mol. The molecule has 26 heavy (non-hydrogen) atoms. The molecule has 6 heteroatoms. The molecule has 138 valence electrons. The van der Waals surface area contributed by atoms with Gasteiger partial charge in [0, 0.05) is 30.2 Å². The maximum Gasteiger partial charge on any atom is 0.251 e. The fourth-order valence-corrected chi connectivity index (χ4v) is 2.50. The van der Waals surface area contributed by atoms with E-state index in [1.807, 2.05) is 62.4 Å². The summed E-state index contributed by atoms with van der Waals surface area (Å²) in [7, 11) is 0. The van der Waals surface area contributed by atoms with Gasteiger partial charge in [0.15, 0.2) is 5.96 Å². The zero-order valence-electron chi connectivity index (χ0n) is 15.2. The highest BCUT2D eigenvalue weighted by molar-refractivity contribution is 6.30. The zero-order chi connectivity index (χ0) is 18.8. The molecule has 2 rings (SSSR count). The van der Waals surface area contributed by atoms with E-state index >= 15 is 0 Å². The van der Waals surface area contributed by atoms with Crippen LogP contribution in [0.5, 0.6) is 0 Å². The van der Waals surface area contributed by atoms with E-state index in [1.54, 1.807) is 0 Å². The highest BCUT2D eigenvalue weighted by Crippen LogP contribution is 2.09. The molecule has 0 aliphatic heterocycles. The van der Waals surface area contributed by atoms with E-state index in [2.05, 4.69) is 20.9 Å². The number of nitrogens with zero attached hydrogens (tertiary/aromatic N) is 1. The van der Waals surface area contributed by atoms with Gasteiger partial charge in [-0.25, -0.2) is 4.99 Å². The molecule has 0 heterocycles. The minimum atomic E-state index is -0.0638. The van der Waals surface area contributed by atoms with E-state index in [-0.39, 0.29) is 5.91 Å². The Morgan fingerprint density at radius 3 is 2.38 bits per heavy atom. The average molecular weight is 373 g/mol. The molecule has 1 amide bonds. The number of hydrogen-bond acceptors (Lipinski definition) is 2. The number of benzene rings is 2. The molecule has 0 bridgehead atoms. The van der Waals surface area contributed by atoms with Crippen molar-refractivity contribution in [3.05, 3.63) is 70.2 Å². The second-order valence-corrected chi connectivity index (χ2v) is 6.17. The number of halogens is 1. The van der Waals surface area contributed by atoms with E-state index in [0.717, 1.165) is 28.7 Å². The highest BCUT2D eigenvalue weighted by atomic mass is 35.5. The lowest BCUT2D eigenvalue weighted by molar-refractivity contribution is 0.0955. The predicted molar refractivity (Wildman–Crippen MR) is 108 cm³/mol. The second-order valence-electron chi connectivity index (χ2n) is 5.74. The minimum Gasteiger partial charge on any atom is -0.357 e. The highest BCUT2D eigenvalue weighted by Gasteiger charge is 2.05. The summed E-state index contributed by atoms with van der Waals surface area (Å²) in [6.07, 6.45) is 0. The molecule has 2 aromatic carbocycles. The van der Waals surface area contributed by atoms with Crippen molar-refractivity contribution in [2.75, 3.05) is 13.1 Å². The van der Waals surface area contributed by atoms with Gasteiger partial charge in [0.05, 0.1) is 6.54 Å². The van der Waals surface area contributed by atoms with Crippen LogP contribution in [0.25, 0.3) is 0 Å². The Hall–Kier alpha value is -2.53. The van der Waals surface area contributed by atoms with Crippen LogP contribution in [0.2, 0.25) is 5.02 Å². The summed E-state index contributed by atoms with van der Waals surface area (Å²) in [5.41, 5.74) is 2.76. The summed E-state index contributed by atoms with van der Waals surface area (Å²) < 4.78 is 0. The molecule has 0 spiro atoms. The summed E-state index contributed by atoms with van der Waals surface area (Å²) in [5, 5.41) is 10.1. The molecule has 0 aliphatic carbocycles. The van der Waals surface area contributed by atoms with Gasteiger partial charge < -0.3 is 16.0 Å². The Kier molecular flexibility index (Phi) is 7.96. The average Bonchev–Trinajstić information content (AvgIpc) is 2.66. The van der Waals surface area contributed by atoms with Gasteiger partial charge in [-0.2, -0.15) is 0 Å². The van der Waals surface area contributed by atoms with Gasteiger partial charge in [0.25, 0.3) is 5.91 Å². The first-order valence-corrected chi connectivity index (χ1v) is 9.14. The molecule has 0 saturated carbocycles. The van der Waals surface area contributed by atoms with Crippen molar-refractivity contribution in [1.82, 2.24) is 16.0 Å². The Labute approximate surface area is 159 Å². The number of guanidine groups is 1. The maximum atomic E-state index is 11.9. The largest absolute Gasteiger partial charge is 0.357 e. The van der Waals surface area contributed by atoms with E-state index in [4.69, 9.17) is 11.6 Å². The summed E-state index contributed by atoms with van der Waals surface area (Å²) in [5.74, 6) is 0.664. The third-order valence-corrected chi connectivity index (χ3v) is 3.92. The van der Waals surface area contributed by atoms with E-state index in [9.17, 15) is 4.79 Å². The molecular weight excluding hydrogens is 348 g/mol. The van der Waals surface area contributed by atoms with Gasteiger partial charge >= 0.3 is 0 Å². The van der Waals surface area contributed by atoms with Crippen LogP contribution in [0.4, 0.5) is 0 Å². The van der Waals surface area contributed by atoms with Crippen LogP contribution >= 0.6 is 11.6 Å². The zero-order valence-corrected chi connectivity index (χ0v) is 15.9. The number of carbonyl (C=O) groups excluding carboxylic acids is 1. The predicted octanol–water partition coefficient (Wildman–Crippen LogP) is 3.35. The van der Waals surface area contributed by atoms with Crippen molar-refractivity contribution in [1.29, 1.82) is 0 Å². The Morgan fingerprint density at radius 1 is 0.962 bits per heavy atom. The van der Waals surface area contributed by atoms with Crippen molar-refractivity contribution >= 4 is 23.5 Å². The molecule has 0 fully saturated rings. The van der Waals surface area contributed by atoms with Crippen LogP contribution in [0.15, 0.2) is 53.5 Å². The Morgan fingerprint density at radius 2 is 1.69 bits per heavy atom. The molecule has 0 radical (unpaired) electrons. The van der Waals surface area contributed by atoms with Crippen molar-refractivity contribution in [3.8, 4) is 0 Å². The Balaban J connectivity index is 2.00. The standard InChI is InChI=1S/C20H25ClN4O/c1-3-22-19(26)17-7-5-6-16(12-17)14-25-20(23-4-2)24-13-15-8-10-18(21)11-9-15/h5-12H,3-4,13-14H2,1-2H3,(H,22,26)(H2,23,24,25). The quantitative estimate of drug-likeness (QED) is 0.516. The first-order valence-electron chi connectivity index (χ1n) is 8.76. The van der Waals surface area contributed by atoms with E-state index in [1.165, 1.54) is 0 Å². The van der Waals surface area contributed by atoms with Gasteiger partial charge in [-0.1, -0.05) is 35.9 Å². The number of amides is 1. The van der Waals surface area contributed by atoms with E-state index < -0.39 is 0 Å². The van der Waals surface area contributed by atoms with Crippen molar-refractivity contribution in [2.24, 2.45) is 4.99 Å². The number of hydrogen-bond donors (Lipinski definition) is 3. The number of carbonyl (C=O) groups is 1. The van der Waals surface area contributed by atoms with Gasteiger partial charge in [-0.15, -0.1) is 0 Å². The number of aliphatic imine (C=N–C) groups is 1. The van der Waals surface area contributed by atoms with Gasteiger partial charge in [-0.05, 0) is 49.2 Å². The van der Waals surface area contributed by atoms with Crippen LogP contribution in [0, 0.1) is 0 Å².